The third kappa shape index (κ3) is 3.02. The van der Waals surface area contributed by atoms with E-state index in [0.29, 0.717) is 6.04 Å². The molecule has 0 saturated carbocycles. The van der Waals surface area contributed by atoms with Crippen LogP contribution in [0.3, 0.4) is 0 Å². The number of hydrogen-bond acceptors (Lipinski definition) is 2. The molecular weight excluding hydrogens is 244 g/mol. The van der Waals surface area contributed by atoms with Crippen LogP contribution >= 0.6 is 0 Å². The van der Waals surface area contributed by atoms with Gasteiger partial charge in [-0.1, -0.05) is 36.4 Å². The predicted octanol–water partition coefficient (Wildman–Crippen LogP) is 3.48. The lowest BCUT2D eigenvalue weighted by Crippen LogP contribution is -2.27. The largest absolute Gasteiger partial charge is 0.399 e. The molecule has 0 spiro atoms. The van der Waals surface area contributed by atoms with Crippen molar-refractivity contribution in [2.45, 2.75) is 31.7 Å². The van der Waals surface area contributed by atoms with Crippen LogP contribution in [0.25, 0.3) is 0 Å². The molecule has 3 N–H and O–H groups in total. The van der Waals surface area contributed by atoms with Gasteiger partial charge in [0.05, 0.1) is 0 Å². The topological polar surface area (TPSA) is 38.0 Å². The molecule has 2 aromatic rings. The predicted molar refractivity (Wildman–Crippen MR) is 84.7 cm³/mol. The van der Waals surface area contributed by atoms with Gasteiger partial charge in [0.1, 0.15) is 0 Å². The van der Waals surface area contributed by atoms with E-state index < -0.39 is 0 Å². The van der Waals surface area contributed by atoms with Crippen molar-refractivity contribution in [3.05, 3.63) is 65.2 Å². The Kier molecular flexibility index (Phi) is 4.03. The van der Waals surface area contributed by atoms with Gasteiger partial charge in [0.15, 0.2) is 0 Å². The third-order valence-electron chi connectivity index (χ3n) is 4.12. The molecule has 0 fully saturated rings. The van der Waals surface area contributed by atoms with Crippen molar-refractivity contribution in [3.8, 4) is 0 Å². The van der Waals surface area contributed by atoms with Gasteiger partial charge in [-0.25, -0.2) is 0 Å². The fraction of sp³-hybridized carbons (Fsp3) is 0.333. The highest BCUT2D eigenvalue weighted by atomic mass is 14.9. The van der Waals surface area contributed by atoms with Gasteiger partial charge in [0.25, 0.3) is 0 Å². The lowest BCUT2D eigenvalue weighted by Gasteiger charge is -2.26. The summed E-state index contributed by atoms with van der Waals surface area (Å²) in [5.41, 5.74) is 11.0. The lowest BCUT2D eigenvalue weighted by molar-refractivity contribution is 0.463. The normalized spacial score (nSPS) is 17.7. The summed E-state index contributed by atoms with van der Waals surface area (Å²) in [7, 11) is 0. The lowest BCUT2D eigenvalue weighted by atomic mass is 9.87. The maximum atomic E-state index is 5.82. The minimum atomic E-state index is 0.515. The molecular formula is C18H22N2. The molecule has 3 rings (SSSR count). The first-order valence-corrected chi connectivity index (χ1v) is 7.48. The molecule has 0 amide bonds. The number of nitrogen functional groups attached to an aromatic ring is 1. The van der Waals surface area contributed by atoms with Crippen LogP contribution in [0, 0.1) is 0 Å². The Labute approximate surface area is 121 Å². The van der Waals surface area contributed by atoms with Crippen LogP contribution in [-0.2, 0) is 12.8 Å². The second kappa shape index (κ2) is 6.10. The van der Waals surface area contributed by atoms with Gasteiger partial charge in [-0.05, 0) is 61.1 Å². The smallest absolute Gasteiger partial charge is 0.0323 e. The fourth-order valence-electron chi connectivity index (χ4n) is 3.11. The molecule has 2 aromatic carbocycles. The first-order valence-electron chi connectivity index (χ1n) is 7.48. The summed E-state index contributed by atoms with van der Waals surface area (Å²) in [6.45, 7) is 1.00. The molecule has 1 atom stereocenters. The van der Waals surface area contributed by atoms with Gasteiger partial charge in [-0.15, -0.1) is 0 Å². The zero-order valence-electron chi connectivity index (χ0n) is 11.8. The van der Waals surface area contributed by atoms with E-state index in [0.717, 1.165) is 18.7 Å². The second-order valence-electron chi connectivity index (χ2n) is 5.59. The molecule has 1 aliphatic rings. The summed E-state index contributed by atoms with van der Waals surface area (Å²) in [6, 6.07) is 17.5. The second-order valence-corrected chi connectivity index (χ2v) is 5.59. The highest BCUT2D eigenvalue weighted by Crippen LogP contribution is 2.29. The highest BCUT2D eigenvalue weighted by molar-refractivity contribution is 5.40. The summed E-state index contributed by atoms with van der Waals surface area (Å²) in [5, 5.41) is 3.70. The zero-order valence-corrected chi connectivity index (χ0v) is 11.8. The number of fused-ring (bicyclic) bond motifs is 1. The van der Waals surface area contributed by atoms with Crippen LogP contribution in [0.1, 0.15) is 35.6 Å². The monoisotopic (exact) mass is 266 g/mol. The number of hydrogen-bond donors (Lipinski definition) is 2. The van der Waals surface area contributed by atoms with Crippen molar-refractivity contribution in [3.63, 3.8) is 0 Å². The summed E-state index contributed by atoms with van der Waals surface area (Å²) in [5.74, 6) is 0. The highest BCUT2D eigenvalue weighted by Gasteiger charge is 2.18. The number of nitrogens with two attached hydrogens (primary N) is 1. The van der Waals surface area contributed by atoms with Crippen molar-refractivity contribution in [2.24, 2.45) is 0 Å². The van der Waals surface area contributed by atoms with E-state index >= 15 is 0 Å². The van der Waals surface area contributed by atoms with Crippen LogP contribution in [0.4, 0.5) is 5.69 Å². The maximum Gasteiger partial charge on any atom is 0.0323 e. The first kappa shape index (κ1) is 13.2. The SMILES string of the molecule is Nc1cccc(CCNC2CCCc3ccccc32)c1. The van der Waals surface area contributed by atoms with Gasteiger partial charge >= 0.3 is 0 Å². The molecule has 0 bridgehead atoms. The molecule has 0 saturated heterocycles. The van der Waals surface area contributed by atoms with Crippen LogP contribution in [0.15, 0.2) is 48.5 Å². The fourth-order valence-corrected chi connectivity index (χ4v) is 3.11. The molecule has 0 aliphatic heterocycles. The molecule has 0 heterocycles. The number of benzene rings is 2. The quantitative estimate of drug-likeness (QED) is 0.831. The van der Waals surface area contributed by atoms with Gasteiger partial charge in [0, 0.05) is 11.7 Å². The molecule has 20 heavy (non-hydrogen) atoms. The van der Waals surface area contributed by atoms with Crippen LogP contribution < -0.4 is 11.1 Å². The Morgan fingerprint density at radius 2 is 2.00 bits per heavy atom. The van der Waals surface area contributed by atoms with Crippen LogP contribution in [0.5, 0.6) is 0 Å². The Bertz CT molecular complexity index is 577. The molecule has 0 aromatic heterocycles. The molecule has 0 radical (unpaired) electrons. The number of nitrogens with one attached hydrogen (secondary N) is 1. The van der Waals surface area contributed by atoms with Crippen molar-refractivity contribution in [1.82, 2.24) is 5.32 Å². The number of anilines is 1. The van der Waals surface area contributed by atoms with E-state index in [2.05, 4.69) is 41.7 Å². The number of aryl methyl sites for hydroxylation is 1. The van der Waals surface area contributed by atoms with Gasteiger partial charge < -0.3 is 11.1 Å². The average molecular weight is 266 g/mol. The standard InChI is InChI=1S/C18H22N2/c19-16-8-3-5-14(13-16)11-12-20-18-10-4-7-15-6-1-2-9-17(15)18/h1-3,5-6,8-9,13,18,20H,4,7,10-12,19H2. The Balaban J connectivity index is 1.60. The minimum absolute atomic E-state index is 0.515. The van der Waals surface area contributed by atoms with E-state index in [-0.39, 0.29) is 0 Å². The molecule has 104 valence electrons. The van der Waals surface area contributed by atoms with Crippen LogP contribution in [0.2, 0.25) is 0 Å². The van der Waals surface area contributed by atoms with Crippen LogP contribution in [-0.4, -0.2) is 6.54 Å². The van der Waals surface area contributed by atoms with E-state index in [1.807, 2.05) is 12.1 Å². The van der Waals surface area contributed by atoms with E-state index in [1.165, 1.54) is 36.0 Å². The Morgan fingerprint density at radius 3 is 2.90 bits per heavy atom. The minimum Gasteiger partial charge on any atom is -0.399 e. The zero-order chi connectivity index (χ0) is 13.8. The van der Waals surface area contributed by atoms with Crippen molar-refractivity contribution in [2.75, 3.05) is 12.3 Å². The van der Waals surface area contributed by atoms with Gasteiger partial charge in [-0.2, -0.15) is 0 Å². The van der Waals surface area contributed by atoms with Crippen molar-refractivity contribution in [1.29, 1.82) is 0 Å². The summed E-state index contributed by atoms with van der Waals surface area (Å²) in [4.78, 5) is 0. The van der Waals surface area contributed by atoms with E-state index in [1.54, 1.807) is 0 Å². The molecule has 2 heteroatoms. The average Bonchev–Trinajstić information content (AvgIpc) is 2.48. The maximum absolute atomic E-state index is 5.82. The summed E-state index contributed by atoms with van der Waals surface area (Å²) in [6.07, 6.45) is 4.79. The third-order valence-corrected chi connectivity index (χ3v) is 4.12. The number of rotatable bonds is 4. The van der Waals surface area contributed by atoms with E-state index in [4.69, 9.17) is 5.73 Å². The van der Waals surface area contributed by atoms with Gasteiger partial charge in [0.2, 0.25) is 0 Å². The van der Waals surface area contributed by atoms with E-state index in [9.17, 15) is 0 Å². The Morgan fingerprint density at radius 1 is 1.10 bits per heavy atom. The molecule has 1 aliphatic carbocycles. The van der Waals surface area contributed by atoms with Crippen molar-refractivity contribution >= 4 is 5.69 Å². The Hall–Kier alpha value is -1.80. The first-order chi connectivity index (χ1) is 9.83. The van der Waals surface area contributed by atoms with Gasteiger partial charge in [-0.3, -0.25) is 0 Å². The summed E-state index contributed by atoms with van der Waals surface area (Å²) >= 11 is 0. The summed E-state index contributed by atoms with van der Waals surface area (Å²) < 4.78 is 0. The molecule has 1 unspecified atom stereocenters. The molecule has 2 nitrogen and oxygen atoms in total. The van der Waals surface area contributed by atoms with Crippen molar-refractivity contribution < 1.29 is 0 Å².